The van der Waals surface area contributed by atoms with Crippen LogP contribution in [-0.2, 0) is 9.53 Å². The van der Waals surface area contributed by atoms with Crippen LogP contribution in [0.25, 0.3) is 0 Å². The Labute approximate surface area is 158 Å². The van der Waals surface area contributed by atoms with Crippen LogP contribution in [-0.4, -0.2) is 42.3 Å². The maximum Gasteiger partial charge on any atom is 0.339 e. The molecule has 1 unspecified atom stereocenters. The van der Waals surface area contributed by atoms with E-state index in [2.05, 4.69) is 6.92 Å². The second-order valence-electron chi connectivity index (χ2n) is 6.90. The lowest BCUT2D eigenvalue weighted by Gasteiger charge is -2.30. The van der Waals surface area contributed by atoms with Crippen molar-refractivity contribution < 1.29 is 19.1 Å². The van der Waals surface area contributed by atoms with E-state index in [1.54, 1.807) is 53.4 Å². The Kier molecular flexibility index (Phi) is 6.01. The molecule has 5 heteroatoms. The van der Waals surface area contributed by atoms with Gasteiger partial charge in [-0.05, 0) is 24.8 Å². The van der Waals surface area contributed by atoms with Crippen molar-refractivity contribution in [2.75, 3.05) is 19.7 Å². The van der Waals surface area contributed by atoms with Gasteiger partial charge in [-0.25, -0.2) is 4.79 Å². The highest BCUT2D eigenvalue weighted by atomic mass is 16.5. The van der Waals surface area contributed by atoms with Gasteiger partial charge in [0.1, 0.15) is 0 Å². The average Bonchev–Trinajstić information content (AvgIpc) is 2.72. The van der Waals surface area contributed by atoms with Gasteiger partial charge in [-0.15, -0.1) is 0 Å². The fourth-order valence-corrected chi connectivity index (χ4v) is 3.32. The largest absolute Gasteiger partial charge is 0.452 e. The Morgan fingerprint density at radius 1 is 1.00 bits per heavy atom. The molecule has 1 heterocycles. The minimum absolute atomic E-state index is 0.172. The SMILES string of the molecule is CC1CCCN(C(=O)COC(=O)c2ccccc2C(=O)c2ccccc2)C1. The van der Waals surface area contributed by atoms with Gasteiger partial charge >= 0.3 is 5.97 Å². The molecule has 0 aromatic heterocycles. The second kappa shape index (κ2) is 8.62. The number of nitrogens with zero attached hydrogens (tertiary/aromatic N) is 1. The Morgan fingerprint density at radius 3 is 2.37 bits per heavy atom. The molecule has 2 aromatic carbocycles. The summed E-state index contributed by atoms with van der Waals surface area (Å²) in [6, 6.07) is 15.3. The van der Waals surface area contributed by atoms with Crippen LogP contribution in [0.1, 0.15) is 46.0 Å². The number of hydrogen-bond acceptors (Lipinski definition) is 4. The molecule has 1 fully saturated rings. The summed E-state index contributed by atoms with van der Waals surface area (Å²) < 4.78 is 5.22. The Morgan fingerprint density at radius 2 is 1.67 bits per heavy atom. The molecule has 0 radical (unpaired) electrons. The van der Waals surface area contributed by atoms with Gasteiger partial charge in [-0.2, -0.15) is 0 Å². The second-order valence-corrected chi connectivity index (χ2v) is 6.90. The van der Waals surface area contributed by atoms with Crippen LogP contribution in [0.15, 0.2) is 54.6 Å². The number of esters is 1. The zero-order valence-electron chi connectivity index (χ0n) is 15.4. The molecule has 2 aromatic rings. The van der Waals surface area contributed by atoms with E-state index in [0.29, 0.717) is 24.6 Å². The van der Waals surface area contributed by atoms with E-state index >= 15 is 0 Å². The molecule has 0 aliphatic carbocycles. The van der Waals surface area contributed by atoms with E-state index in [-0.39, 0.29) is 29.4 Å². The summed E-state index contributed by atoms with van der Waals surface area (Å²) in [5.74, 6) is -0.642. The molecular weight excluding hydrogens is 342 g/mol. The number of ketones is 1. The summed E-state index contributed by atoms with van der Waals surface area (Å²) in [5, 5.41) is 0. The first-order valence-corrected chi connectivity index (χ1v) is 9.20. The van der Waals surface area contributed by atoms with Crippen molar-refractivity contribution in [3.63, 3.8) is 0 Å². The van der Waals surface area contributed by atoms with E-state index in [9.17, 15) is 14.4 Å². The first-order valence-electron chi connectivity index (χ1n) is 9.20. The average molecular weight is 365 g/mol. The van der Waals surface area contributed by atoms with Crippen LogP contribution in [0.3, 0.4) is 0 Å². The fraction of sp³-hybridized carbons (Fsp3) is 0.318. The summed E-state index contributed by atoms with van der Waals surface area (Å²) in [5.41, 5.74) is 0.940. The van der Waals surface area contributed by atoms with Crippen molar-refractivity contribution in [2.24, 2.45) is 5.92 Å². The molecule has 1 aliphatic rings. The van der Waals surface area contributed by atoms with Gasteiger partial charge in [0.25, 0.3) is 5.91 Å². The van der Waals surface area contributed by atoms with Gasteiger partial charge in [0.2, 0.25) is 0 Å². The van der Waals surface area contributed by atoms with Crippen molar-refractivity contribution >= 4 is 17.7 Å². The normalized spacial score (nSPS) is 16.6. The lowest BCUT2D eigenvalue weighted by molar-refractivity contribution is -0.136. The number of carbonyl (C=O) groups is 3. The van der Waals surface area contributed by atoms with E-state index in [4.69, 9.17) is 4.74 Å². The van der Waals surface area contributed by atoms with Crippen LogP contribution in [0.2, 0.25) is 0 Å². The standard InChI is InChI=1S/C22H23NO4/c1-16-8-7-13-23(14-16)20(24)15-27-22(26)19-12-6-5-11-18(19)21(25)17-9-3-2-4-10-17/h2-6,9-12,16H,7-8,13-15H2,1H3. The van der Waals surface area contributed by atoms with Gasteiger partial charge in [-0.3, -0.25) is 9.59 Å². The summed E-state index contributed by atoms with van der Waals surface area (Å²) >= 11 is 0. The van der Waals surface area contributed by atoms with Crippen LogP contribution >= 0.6 is 0 Å². The summed E-state index contributed by atoms with van der Waals surface area (Å²) in [6.07, 6.45) is 2.08. The lowest BCUT2D eigenvalue weighted by atomic mass is 9.98. The van der Waals surface area contributed by atoms with E-state index in [0.717, 1.165) is 12.8 Å². The van der Waals surface area contributed by atoms with E-state index in [1.807, 2.05) is 6.07 Å². The van der Waals surface area contributed by atoms with Crippen LogP contribution in [0.4, 0.5) is 0 Å². The maximum atomic E-state index is 12.7. The molecule has 27 heavy (non-hydrogen) atoms. The number of rotatable bonds is 5. The van der Waals surface area contributed by atoms with Crippen molar-refractivity contribution in [2.45, 2.75) is 19.8 Å². The van der Waals surface area contributed by atoms with E-state index < -0.39 is 5.97 Å². The molecule has 0 bridgehead atoms. The van der Waals surface area contributed by atoms with Crippen LogP contribution in [0, 0.1) is 5.92 Å². The molecule has 3 rings (SSSR count). The highest BCUT2D eigenvalue weighted by Gasteiger charge is 2.23. The Balaban J connectivity index is 1.68. The number of likely N-dealkylation sites (tertiary alicyclic amines) is 1. The monoisotopic (exact) mass is 365 g/mol. The van der Waals surface area contributed by atoms with Crippen molar-refractivity contribution in [1.82, 2.24) is 4.90 Å². The molecule has 140 valence electrons. The predicted molar refractivity (Wildman–Crippen MR) is 102 cm³/mol. The van der Waals surface area contributed by atoms with Gasteiger partial charge in [0.15, 0.2) is 12.4 Å². The molecule has 0 spiro atoms. The van der Waals surface area contributed by atoms with Crippen LogP contribution in [0.5, 0.6) is 0 Å². The topological polar surface area (TPSA) is 63.7 Å². The molecule has 1 atom stereocenters. The first kappa shape index (κ1) is 18.8. The van der Waals surface area contributed by atoms with Crippen molar-refractivity contribution in [3.05, 3.63) is 71.3 Å². The number of benzene rings is 2. The highest BCUT2D eigenvalue weighted by molar-refractivity contribution is 6.14. The highest BCUT2D eigenvalue weighted by Crippen LogP contribution is 2.17. The number of piperidine rings is 1. The van der Waals surface area contributed by atoms with Crippen molar-refractivity contribution in [3.8, 4) is 0 Å². The number of ether oxygens (including phenoxy) is 1. The molecule has 0 saturated carbocycles. The van der Waals surface area contributed by atoms with Gasteiger partial charge < -0.3 is 9.64 Å². The third-order valence-electron chi connectivity index (χ3n) is 4.76. The zero-order chi connectivity index (χ0) is 19.2. The third kappa shape index (κ3) is 4.61. The zero-order valence-corrected chi connectivity index (χ0v) is 15.4. The third-order valence-corrected chi connectivity index (χ3v) is 4.76. The summed E-state index contributed by atoms with van der Waals surface area (Å²) in [4.78, 5) is 39.3. The van der Waals surface area contributed by atoms with Gasteiger partial charge in [-0.1, -0.05) is 55.5 Å². The summed E-state index contributed by atoms with van der Waals surface area (Å²) in [6.45, 7) is 3.19. The van der Waals surface area contributed by atoms with Gasteiger partial charge in [0, 0.05) is 24.2 Å². The quantitative estimate of drug-likeness (QED) is 0.602. The minimum atomic E-state index is -0.659. The molecule has 1 aliphatic heterocycles. The molecule has 1 amide bonds. The number of amides is 1. The van der Waals surface area contributed by atoms with E-state index in [1.165, 1.54) is 0 Å². The minimum Gasteiger partial charge on any atom is -0.452 e. The molecule has 1 saturated heterocycles. The molecule has 0 N–H and O–H groups in total. The smallest absolute Gasteiger partial charge is 0.339 e. The Bertz CT molecular complexity index is 831. The van der Waals surface area contributed by atoms with Gasteiger partial charge in [0.05, 0.1) is 5.56 Å². The molecule has 5 nitrogen and oxygen atoms in total. The van der Waals surface area contributed by atoms with Crippen molar-refractivity contribution in [1.29, 1.82) is 0 Å². The lowest BCUT2D eigenvalue weighted by Crippen LogP contribution is -2.41. The number of hydrogen-bond donors (Lipinski definition) is 0. The van der Waals surface area contributed by atoms with Crippen LogP contribution < -0.4 is 0 Å². The predicted octanol–water partition coefficient (Wildman–Crippen LogP) is 3.33. The molecular formula is C22H23NO4. The summed E-state index contributed by atoms with van der Waals surface area (Å²) in [7, 11) is 0. The number of carbonyl (C=O) groups excluding carboxylic acids is 3. The first-order chi connectivity index (χ1) is 13.1. The fourth-order valence-electron chi connectivity index (χ4n) is 3.32. The maximum absolute atomic E-state index is 12.7. The Hall–Kier alpha value is -2.95.